The van der Waals surface area contributed by atoms with Crippen molar-refractivity contribution >= 4 is 5.78 Å². The topological polar surface area (TPSA) is 37.3 Å². The van der Waals surface area contributed by atoms with Crippen LogP contribution in [0, 0.1) is 0 Å². The van der Waals surface area contributed by atoms with Crippen molar-refractivity contribution in [2.45, 2.75) is 38.5 Å². The molecule has 0 saturated carbocycles. The van der Waals surface area contributed by atoms with E-state index in [9.17, 15) is 4.79 Å². The third kappa shape index (κ3) is 7.48. The van der Waals surface area contributed by atoms with Gasteiger partial charge in [-0.05, 0) is 25.7 Å². The number of unbranched alkanes of at least 4 members (excludes halogenated alkanes) is 2. The Balaban J connectivity index is 3.15. The molecule has 0 radical (unpaired) electrons. The van der Waals surface area contributed by atoms with Crippen LogP contribution < -0.4 is 0 Å². The van der Waals surface area contributed by atoms with E-state index < -0.39 is 0 Å². The van der Waals surface area contributed by atoms with Gasteiger partial charge in [-0.3, -0.25) is 4.79 Å². The summed E-state index contributed by atoms with van der Waals surface area (Å²) in [6.07, 6.45) is 6.53. The molecule has 0 saturated heterocycles. The second-order valence-electron chi connectivity index (χ2n) is 2.90. The normalized spacial score (nSPS) is 9.75. The van der Waals surface area contributed by atoms with Crippen molar-refractivity contribution < 1.29 is 9.90 Å². The summed E-state index contributed by atoms with van der Waals surface area (Å²) < 4.78 is 0. The minimum absolute atomic E-state index is 0.194. The third-order valence-electron chi connectivity index (χ3n) is 1.73. The van der Waals surface area contributed by atoms with Gasteiger partial charge in [-0.2, -0.15) is 0 Å². The van der Waals surface area contributed by atoms with Crippen LogP contribution in [0.15, 0.2) is 12.7 Å². The van der Waals surface area contributed by atoms with Crippen LogP contribution in [0.3, 0.4) is 0 Å². The van der Waals surface area contributed by atoms with E-state index in [0.29, 0.717) is 18.6 Å². The van der Waals surface area contributed by atoms with E-state index in [2.05, 4.69) is 6.58 Å². The molecule has 1 N–H and O–H groups in total. The molecule has 70 valence electrons. The van der Waals surface area contributed by atoms with Crippen LogP contribution in [0.2, 0.25) is 0 Å². The summed E-state index contributed by atoms with van der Waals surface area (Å²) in [4.78, 5) is 11.1. The number of hydrogen-bond acceptors (Lipinski definition) is 2. The Morgan fingerprint density at radius 1 is 1.25 bits per heavy atom. The maximum Gasteiger partial charge on any atom is 0.132 e. The van der Waals surface area contributed by atoms with Gasteiger partial charge in [-0.1, -0.05) is 6.08 Å². The third-order valence-corrected chi connectivity index (χ3v) is 1.73. The first-order valence-corrected chi connectivity index (χ1v) is 4.54. The number of aliphatic hydroxyl groups is 1. The zero-order chi connectivity index (χ0) is 9.23. The number of hydrogen-bond donors (Lipinski definition) is 1. The number of carbonyl (C=O) groups excluding carboxylic acids is 1. The molecule has 0 fully saturated rings. The van der Waals surface area contributed by atoms with Gasteiger partial charge in [0.2, 0.25) is 0 Å². The molecule has 2 heteroatoms. The second kappa shape index (κ2) is 8.47. The van der Waals surface area contributed by atoms with Gasteiger partial charge in [0.15, 0.2) is 0 Å². The van der Waals surface area contributed by atoms with Crippen LogP contribution in [0.25, 0.3) is 0 Å². The summed E-state index contributed by atoms with van der Waals surface area (Å²) in [5, 5.41) is 8.47. The molecular weight excluding hydrogens is 152 g/mol. The van der Waals surface area contributed by atoms with Gasteiger partial charge in [0.1, 0.15) is 5.78 Å². The molecule has 0 aliphatic heterocycles. The highest BCUT2D eigenvalue weighted by atomic mass is 16.2. The van der Waals surface area contributed by atoms with Crippen LogP contribution in [0.1, 0.15) is 38.5 Å². The maximum absolute atomic E-state index is 11.1. The van der Waals surface area contributed by atoms with E-state index in [0.717, 1.165) is 25.7 Å². The second-order valence-corrected chi connectivity index (χ2v) is 2.90. The summed E-state index contributed by atoms with van der Waals surface area (Å²) in [6, 6.07) is 0. The largest absolute Gasteiger partial charge is 0.396 e. The smallest absolute Gasteiger partial charge is 0.132 e. The van der Waals surface area contributed by atoms with Crippen molar-refractivity contribution in [3.8, 4) is 0 Å². The van der Waals surface area contributed by atoms with Crippen molar-refractivity contribution in [3.63, 3.8) is 0 Å². The lowest BCUT2D eigenvalue weighted by molar-refractivity contribution is -0.119. The zero-order valence-corrected chi connectivity index (χ0v) is 7.59. The Labute approximate surface area is 74.3 Å². The molecule has 0 rings (SSSR count). The summed E-state index contributed by atoms with van der Waals surface area (Å²) in [6.45, 7) is 3.78. The van der Waals surface area contributed by atoms with Crippen molar-refractivity contribution in [1.82, 2.24) is 0 Å². The fourth-order valence-electron chi connectivity index (χ4n) is 1.00. The van der Waals surface area contributed by atoms with E-state index in [1.54, 1.807) is 0 Å². The average molecular weight is 170 g/mol. The highest BCUT2D eigenvalue weighted by Crippen LogP contribution is 2.03. The number of rotatable bonds is 8. The van der Waals surface area contributed by atoms with E-state index >= 15 is 0 Å². The molecule has 0 unspecified atom stereocenters. The minimum Gasteiger partial charge on any atom is -0.396 e. The van der Waals surface area contributed by atoms with Gasteiger partial charge in [0.05, 0.1) is 0 Å². The molecule has 0 aliphatic rings. The van der Waals surface area contributed by atoms with E-state index in [1.807, 2.05) is 6.08 Å². The van der Waals surface area contributed by atoms with Crippen LogP contribution >= 0.6 is 0 Å². The Morgan fingerprint density at radius 2 is 1.92 bits per heavy atom. The fraction of sp³-hybridized carbons (Fsp3) is 0.700. The predicted octanol–water partition coefficient (Wildman–Crippen LogP) is 2.07. The molecule has 0 spiro atoms. The lowest BCUT2D eigenvalue weighted by Crippen LogP contribution is -1.97. The number of Topliss-reactive ketones (excluding diaryl/α,β-unsaturated/α-hetero) is 1. The number of carbonyl (C=O) groups is 1. The molecule has 0 aromatic heterocycles. The van der Waals surface area contributed by atoms with Gasteiger partial charge in [0, 0.05) is 19.4 Å². The Bertz CT molecular complexity index is 130. The summed E-state index contributed by atoms with van der Waals surface area (Å²) in [7, 11) is 0. The predicted molar refractivity (Wildman–Crippen MR) is 50.0 cm³/mol. The number of aliphatic hydroxyl groups excluding tert-OH is 1. The molecule has 0 bridgehead atoms. The molecular formula is C10H18O2. The molecule has 12 heavy (non-hydrogen) atoms. The van der Waals surface area contributed by atoms with Crippen LogP contribution in [0.4, 0.5) is 0 Å². The first-order valence-electron chi connectivity index (χ1n) is 4.54. The summed E-state index contributed by atoms with van der Waals surface area (Å²) in [5.74, 6) is 0.310. The van der Waals surface area contributed by atoms with Gasteiger partial charge in [-0.15, -0.1) is 6.58 Å². The fourth-order valence-corrected chi connectivity index (χ4v) is 1.00. The zero-order valence-electron chi connectivity index (χ0n) is 7.59. The highest BCUT2D eigenvalue weighted by Gasteiger charge is 1.99. The van der Waals surface area contributed by atoms with E-state index in [-0.39, 0.29) is 6.61 Å². The first-order chi connectivity index (χ1) is 5.81. The number of ketones is 1. The molecule has 0 aliphatic carbocycles. The van der Waals surface area contributed by atoms with E-state index in [4.69, 9.17) is 5.11 Å². The van der Waals surface area contributed by atoms with Crippen molar-refractivity contribution in [2.75, 3.05) is 6.61 Å². The standard InChI is InChI=1S/C10H18O2/c1-2-3-4-7-10(12)8-5-6-9-11/h2,11H,1,3-9H2. The SMILES string of the molecule is C=CCCCC(=O)CCCCO. The van der Waals surface area contributed by atoms with Crippen LogP contribution in [0.5, 0.6) is 0 Å². The summed E-state index contributed by atoms with van der Waals surface area (Å²) >= 11 is 0. The Morgan fingerprint density at radius 3 is 2.50 bits per heavy atom. The summed E-state index contributed by atoms with van der Waals surface area (Å²) in [5.41, 5.74) is 0. The average Bonchev–Trinajstić information content (AvgIpc) is 2.06. The molecule has 0 aromatic carbocycles. The van der Waals surface area contributed by atoms with Gasteiger partial charge in [-0.25, -0.2) is 0 Å². The first kappa shape index (κ1) is 11.4. The van der Waals surface area contributed by atoms with Crippen molar-refractivity contribution in [3.05, 3.63) is 12.7 Å². The van der Waals surface area contributed by atoms with Gasteiger partial charge >= 0.3 is 0 Å². The quantitative estimate of drug-likeness (QED) is 0.447. The van der Waals surface area contributed by atoms with E-state index in [1.165, 1.54) is 0 Å². The Kier molecular flexibility index (Phi) is 8.02. The molecule has 0 aromatic rings. The Hall–Kier alpha value is -0.630. The van der Waals surface area contributed by atoms with Gasteiger partial charge < -0.3 is 5.11 Å². The monoisotopic (exact) mass is 170 g/mol. The molecule has 2 nitrogen and oxygen atoms in total. The number of allylic oxidation sites excluding steroid dienone is 1. The lowest BCUT2D eigenvalue weighted by atomic mass is 10.1. The molecule has 0 amide bonds. The highest BCUT2D eigenvalue weighted by molar-refractivity contribution is 5.78. The van der Waals surface area contributed by atoms with Crippen molar-refractivity contribution in [2.24, 2.45) is 0 Å². The van der Waals surface area contributed by atoms with Crippen molar-refractivity contribution in [1.29, 1.82) is 0 Å². The van der Waals surface area contributed by atoms with Crippen LogP contribution in [-0.2, 0) is 4.79 Å². The molecule has 0 heterocycles. The minimum atomic E-state index is 0.194. The molecule has 0 atom stereocenters. The lowest BCUT2D eigenvalue weighted by Gasteiger charge is -1.97. The van der Waals surface area contributed by atoms with Gasteiger partial charge in [0.25, 0.3) is 0 Å². The maximum atomic E-state index is 11.1. The van der Waals surface area contributed by atoms with Crippen LogP contribution in [-0.4, -0.2) is 17.5 Å².